The molecule has 94 valence electrons. The molecule has 4 heteroatoms. The fourth-order valence-electron chi connectivity index (χ4n) is 1.43. The number of carbonyl (C=O) groups excluding carboxylic acids is 1. The topological polar surface area (TPSA) is 50.4 Å². The highest BCUT2D eigenvalue weighted by Crippen LogP contribution is 2.07. The summed E-state index contributed by atoms with van der Waals surface area (Å²) < 4.78 is 5.33. The molecule has 1 aromatic rings. The van der Waals surface area contributed by atoms with Gasteiger partial charge in [-0.2, -0.15) is 0 Å². The molecule has 0 heterocycles. The molecule has 4 nitrogen and oxygen atoms in total. The van der Waals surface area contributed by atoms with Crippen LogP contribution in [-0.2, 0) is 4.79 Å². The summed E-state index contributed by atoms with van der Waals surface area (Å²) >= 11 is 0. The molecular weight excluding hydrogens is 216 g/mol. The number of nitrogens with one attached hydrogen (secondary N) is 2. The van der Waals surface area contributed by atoms with E-state index in [1.165, 1.54) is 0 Å². The second-order valence-electron chi connectivity index (χ2n) is 4.07. The number of hydrogen-bond acceptors (Lipinski definition) is 3. The van der Waals surface area contributed by atoms with Crippen molar-refractivity contribution < 1.29 is 9.53 Å². The summed E-state index contributed by atoms with van der Waals surface area (Å²) in [5, 5.41) is 5.90. The highest BCUT2D eigenvalue weighted by Gasteiger charge is 2.05. The third-order valence-corrected chi connectivity index (χ3v) is 2.31. The minimum atomic E-state index is -0.0863. The number of para-hydroxylation sites is 1. The Morgan fingerprint density at radius 2 is 2.00 bits per heavy atom. The number of ether oxygens (including phenoxy) is 1. The van der Waals surface area contributed by atoms with Gasteiger partial charge in [-0.3, -0.25) is 4.79 Å². The number of hydrogen-bond donors (Lipinski definition) is 2. The van der Waals surface area contributed by atoms with E-state index in [2.05, 4.69) is 17.6 Å². The highest BCUT2D eigenvalue weighted by atomic mass is 16.5. The second-order valence-corrected chi connectivity index (χ2v) is 4.07. The number of amides is 1. The van der Waals surface area contributed by atoms with Gasteiger partial charge in [0, 0.05) is 6.54 Å². The smallest absolute Gasteiger partial charge is 0.257 e. The van der Waals surface area contributed by atoms with Crippen molar-refractivity contribution >= 4 is 5.91 Å². The molecule has 1 aromatic carbocycles. The molecule has 0 saturated heterocycles. The normalized spacial score (nSPS) is 11.9. The van der Waals surface area contributed by atoms with Gasteiger partial charge in [0.15, 0.2) is 6.61 Å². The van der Waals surface area contributed by atoms with Crippen molar-refractivity contribution in [3.8, 4) is 5.75 Å². The number of benzene rings is 1. The van der Waals surface area contributed by atoms with Crippen molar-refractivity contribution in [1.29, 1.82) is 0 Å². The van der Waals surface area contributed by atoms with E-state index in [9.17, 15) is 4.79 Å². The lowest BCUT2D eigenvalue weighted by Crippen LogP contribution is -2.35. The van der Waals surface area contributed by atoms with Crippen molar-refractivity contribution in [2.75, 3.05) is 26.7 Å². The monoisotopic (exact) mass is 236 g/mol. The quantitative estimate of drug-likeness (QED) is 0.743. The Hall–Kier alpha value is -1.55. The van der Waals surface area contributed by atoms with Crippen LogP contribution in [-0.4, -0.2) is 32.7 Å². The predicted molar refractivity (Wildman–Crippen MR) is 68.0 cm³/mol. The Kier molecular flexibility index (Phi) is 6.10. The maximum Gasteiger partial charge on any atom is 0.257 e. The van der Waals surface area contributed by atoms with Crippen molar-refractivity contribution in [2.24, 2.45) is 5.92 Å². The molecule has 0 aliphatic carbocycles. The second kappa shape index (κ2) is 7.68. The van der Waals surface area contributed by atoms with Gasteiger partial charge < -0.3 is 15.4 Å². The van der Waals surface area contributed by atoms with Crippen LogP contribution in [0.1, 0.15) is 6.92 Å². The first-order valence-electron chi connectivity index (χ1n) is 5.81. The SMILES string of the molecule is CNCC(C)CNC(=O)COc1ccccc1. The summed E-state index contributed by atoms with van der Waals surface area (Å²) in [6.07, 6.45) is 0. The van der Waals surface area contributed by atoms with Crippen LogP contribution < -0.4 is 15.4 Å². The van der Waals surface area contributed by atoms with Crippen molar-refractivity contribution in [2.45, 2.75) is 6.92 Å². The molecule has 1 amide bonds. The number of rotatable bonds is 7. The average Bonchev–Trinajstić information content (AvgIpc) is 2.35. The molecule has 0 radical (unpaired) electrons. The lowest BCUT2D eigenvalue weighted by atomic mass is 10.2. The molecule has 1 atom stereocenters. The molecule has 2 N–H and O–H groups in total. The first-order chi connectivity index (χ1) is 8.22. The van der Waals surface area contributed by atoms with Gasteiger partial charge in [-0.05, 0) is 31.6 Å². The summed E-state index contributed by atoms with van der Waals surface area (Å²) in [6.45, 7) is 3.70. The number of carbonyl (C=O) groups is 1. The minimum absolute atomic E-state index is 0.0658. The molecule has 0 spiro atoms. The largest absolute Gasteiger partial charge is 0.484 e. The van der Waals surface area contributed by atoms with Crippen molar-refractivity contribution in [3.05, 3.63) is 30.3 Å². The van der Waals surface area contributed by atoms with Gasteiger partial charge in [-0.15, -0.1) is 0 Å². The molecule has 1 rings (SSSR count). The molecule has 0 bridgehead atoms. The summed E-state index contributed by atoms with van der Waals surface area (Å²) in [6, 6.07) is 9.32. The standard InChI is InChI=1S/C13H20N2O2/c1-11(8-14-2)9-15-13(16)10-17-12-6-4-3-5-7-12/h3-7,11,14H,8-10H2,1-2H3,(H,15,16). The van der Waals surface area contributed by atoms with Crippen molar-refractivity contribution in [1.82, 2.24) is 10.6 Å². The zero-order chi connectivity index (χ0) is 12.5. The van der Waals surface area contributed by atoms with Crippen LogP contribution in [0.15, 0.2) is 30.3 Å². The summed E-state index contributed by atoms with van der Waals surface area (Å²) in [4.78, 5) is 11.5. The molecular formula is C13H20N2O2. The van der Waals surface area contributed by atoms with E-state index in [-0.39, 0.29) is 12.5 Å². The van der Waals surface area contributed by atoms with E-state index in [0.717, 1.165) is 6.54 Å². The highest BCUT2D eigenvalue weighted by molar-refractivity contribution is 5.77. The zero-order valence-corrected chi connectivity index (χ0v) is 10.4. The van der Waals surface area contributed by atoms with Gasteiger partial charge in [0.05, 0.1) is 0 Å². The molecule has 0 fully saturated rings. The maximum atomic E-state index is 11.5. The Balaban J connectivity index is 2.17. The van der Waals surface area contributed by atoms with E-state index in [0.29, 0.717) is 18.2 Å². The lowest BCUT2D eigenvalue weighted by molar-refractivity contribution is -0.123. The Labute approximate surface area is 102 Å². The first-order valence-corrected chi connectivity index (χ1v) is 5.81. The Morgan fingerprint density at radius 1 is 1.29 bits per heavy atom. The minimum Gasteiger partial charge on any atom is -0.484 e. The van der Waals surface area contributed by atoms with Gasteiger partial charge in [0.2, 0.25) is 0 Å². The van der Waals surface area contributed by atoms with Gasteiger partial charge in [-0.25, -0.2) is 0 Å². The van der Waals surface area contributed by atoms with Crippen molar-refractivity contribution in [3.63, 3.8) is 0 Å². The fourth-order valence-corrected chi connectivity index (χ4v) is 1.43. The van der Waals surface area contributed by atoms with E-state index >= 15 is 0 Å². The van der Waals surface area contributed by atoms with E-state index in [4.69, 9.17) is 4.74 Å². The first kappa shape index (κ1) is 13.5. The van der Waals surface area contributed by atoms with E-state index in [1.807, 2.05) is 37.4 Å². The van der Waals surface area contributed by atoms with Crippen LogP contribution in [0.25, 0.3) is 0 Å². The summed E-state index contributed by atoms with van der Waals surface area (Å²) in [5.41, 5.74) is 0. The van der Waals surface area contributed by atoms with Gasteiger partial charge in [-0.1, -0.05) is 25.1 Å². The van der Waals surface area contributed by atoms with Gasteiger partial charge in [0.25, 0.3) is 5.91 Å². The molecule has 0 saturated carbocycles. The Bertz CT molecular complexity index is 327. The van der Waals surface area contributed by atoms with Crippen LogP contribution >= 0.6 is 0 Å². The lowest BCUT2D eigenvalue weighted by Gasteiger charge is -2.12. The molecule has 0 aliphatic rings. The van der Waals surface area contributed by atoms with Crippen LogP contribution in [0.2, 0.25) is 0 Å². The van der Waals surface area contributed by atoms with Crippen LogP contribution in [0.3, 0.4) is 0 Å². The van der Waals surface area contributed by atoms with E-state index in [1.54, 1.807) is 0 Å². The molecule has 0 aromatic heterocycles. The van der Waals surface area contributed by atoms with Crippen LogP contribution in [0.4, 0.5) is 0 Å². The Morgan fingerprint density at radius 3 is 2.65 bits per heavy atom. The average molecular weight is 236 g/mol. The molecule has 0 aliphatic heterocycles. The zero-order valence-electron chi connectivity index (χ0n) is 10.4. The predicted octanol–water partition coefficient (Wildman–Crippen LogP) is 1.04. The van der Waals surface area contributed by atoms with Crippen LogP contribution in [0.5, 0.6) is 5.75 Å². The fraction of sp³-hybridized carbons (Fsp3) is 0.462. The summed E-state index contributed by atoms with van der Waals surface area (Å²) in [7, 11) is 1.90. The van der Waals surface area contributed by atoms with Gasteiger partial charge >= 0.3 is 0 Å². The van der Waals surface area contributed by atoms with E-state index < -0.39 is 0 Å². The summed E-state index contributed by atoms with van der Waals surface area (Å²) in [5.74, 6) is 1.04. The maximum absolute atomic E-state index is 11.5. The molecule has 1 unspecified atom stereocenters. The third-order valence-electron chi connectivity index (χ3n) is 2.31. The molecule has 17 heavy (non-hydrogen) atoms. The third kappa shape index (κ3) is 5.92. The van der Waals surface area contributed by atoms with Gasteiger partial charge in [0.1, 0.15) is 5.75 Å². The van der Waals surface area contributed by atoms with Crippen LogP contribution in [0, 0.1) is 5.92 Å².